The van der Waals surface area contributed by atoms with E-state index in [9.17, 15) is 9.59 Å². The van der Waals surface area contributed by atoms with Crippen molar-refractivity contribution < 1.29 is 19.1 Å². The molecule has 1 amide bonds. The molecular formula is C12H13NO4. The molecule has 1 aromatic rings. The van der Waals surface area contributed by atoms with E-state index in [1.807, 2.05) is 0 Å². The highest BCUT2D eigenvalue weighted by atomic mass is 16.6. The molecule has 0 radical (unpaired) electrons. The monoisotopic (exact) mass is 235 g/mol. The number of nitrogens with zero attached hydrogens (tertiary/aromatic N) is 1. The van der Waals surface area contributed by atoms with Gasteiger partial charge in [-0.05, 0) is 12.1 Å². The summed E-state index contributed by atoms with van der Waals surface area (Å²) in [6.45, 7) is 0.556. The summed E-state index contributed by atoms with van der Waals surface area (Å²) in [5.74, 6) is 0.910. The Labute approximate surface area is 98.9 Å². The SMILES string of the molecule is COc1ccccc1OC(=O)N1CCC(=O)C1. The van der Waals surface area contributed by atoms with Crippen molar-refractivity contribution in [3.8, 4) is 11.5 Å². The van der Waals surface area contributed by atoms with Crippen molar-refractivity contribution in [2.45, 2.75) is 6.42 Å². The molecule has 1 aliphatic heterocycles. The highest BCUT2D eigenvalue weighted by Crippen LogP contribution is 2.26. The fraction of sp³-hybridized carbons (Fsp3) is 0.333. The molecule has 0 N–H and O–H groups in total. The largest absolute Gasteiger partial charge is 0.493 e. The van der Waals surface area contributed by atoms with E-state index < -0.39 is 6.09 Å². The molecule has 2 rings (SSSR count). The Balaban J connectivity index is 2.05. The fourth-order valence-corrected chi connectivity index (χ4v) is 1.65. The molecule has 1 heterocycles. The zero-order chi connectivity index (χ0) is 12.3. The van der Waals surface area contributed by atoms with E-state index in [-0.39, 0.29) is 12.3 Å². The lowest BCUT2D eigenvalue weighted by atomic mass is 10.3. The Morgan fingerprint density at radius 2 is 2.00 bits per heavy atom. The minimum absolute atomic E-state index is 0.0574. The predicted octanol–water partition coefficient (Wildman–Crippen LogP) is 1.47. The Kier molecular flexibility index (Phi) is 3.27. The Hall–Kier alpha value is -2.04. The molecule has 1 saturated heterocycles. The van der Waals surface area contributed by atoms with Crippen LogP contribution < -0.4 is 9.47 Å². The Morgan fingerprint density at radius 3 is 2.59 bits per heavy atom. The molecule has 0 atom stereocenters. The third-order valence-electron chi connectivity index (χ3n) is 2.55. The number of methoxy groups -OCH3 is 1. The number of ether oxygens (including phenoxy) is 2. The molecule has 5 heteroatoms. The molecule has 0 saturated carbocycles. The third-order valence-corrected chi connectivity index (χ3v) is 2.55. The summed E-state index contributed by atoms with van der Waals surface area (Å²) in [4.78, 5) is 24.2. The van der Waals surface area contributed by atoms with Crippen LogP contribution in [0.25, 0.3) is 0 Å². The second kappa shape index (κ2) is 4.86. The molecule has 0 aromatic heterocycles. The zero-order valence-electron chi connectivity index (χ0n) is 9.51. The lowest BCUT2D eigenvalue weighted by Gasteiger charge is -2.15. The third kappa shape index (κ3) is 2.55. The number of benzene rings is 1. The molecular weight excluding hydrogens is 222 g/mol. The van der Waals surface area contributed by atoms with Crippen molar-refractivity contribution in [1.82, 2.24) is 4.90 Å². The molecule has 1 aliphatic rings. The molecule has 0 unspecified atom stereocenters. The van der Waals surface area contributed by atoms with Gasteiger partial charge in [0.2, 0.25) is 0 Å². The number of carbonyl (C=O) groups excluding carboxylic acids is 2. The first-order valence-electron chi connectivity index (χ1n) is 5.32. The maximum absolute atomic E-state index is 11.7. The van der Waals surface area contributed by atoms with E-state index >= 15 is 0 Å². The summed E-state index contributed by atoms with van der Waals surface area (Å²) >= 11 is 0. The van der Waals surface area contributed by atoms with Crippen LogP contribution in [0.5, 0.6) is 11.5 Å². The smallest absolute Gasteiger partial charge is 0.415 e. The number of likely N-dealkylation sites (tertiary alicyclic amines) is 1. The van der Waals surface area contributed by atoms with Crippen LogP contribution in [0.15, 0.2) is 24.3 Å². The van der Waals surface area contributed by atoms with Crippen molar-refractivity contribution in [3.05, 3.63) is 24.3 Å². The van der Waals surface area contributed by atoms with Gasteiger partial charge in [0.1, 0.15) is 0 Å². The quantitative estimate of drug-likeness (QED) is 0.778. The molecule has 5 nitrogen and oxygen atoms in total. The number of Topliss-reactive ketones (excluding diaryl/α,β-unsaturated/α-hetero) is 1. The van der Waals surface area contributed by atoms with Gasteiger partial charge in [-0.3, -0.25) is 4.79 Å². The van der Waals surface area contributed by atoms with Gasteiger partial charge in [-0.25, -0.2) is 4.79 Å². The first-order chi connectivity index (χ1) is 8.20. The van der Waals surface area contributed by atoms with Gasteiger partial charge in [-0.2, -0.15) is 0 Å². The first kappa shape index (κ1) is 11.4. The van der Waals surface area contributed by atoms with Crippen molar-refractivity contribution in [1.29, 1.82) is 0 Å². The van der Waals surface area contributed by atoms with E-state index in [1.54, 1.807) is 24.3 Å². The maximum Gasteiger partial charge on any atom is 0.415 e. The van der Waals surface area contributed by atoms with Crippen LogP contribution in [-0.2, 0) is 4.79 Å². The van der Waals surface area contributed by atoms with Crippen LogP contribution in [0, 0.1) is 0 Å². The maximum atomic E-state index is 11.7. The van der Waals surface area contributed by atoms with Gasteiger partial charge in [0.05, 0.1) is 13.7 Å². The Morgan fingerprint density at radius 1 is 1.29 bits per heavy atom. The van der Waals surface area contributed by atoms with Crippen molar-refractivity contribution in [3.63, 3.8) is 0 Å². The number of amides is 1. The molecule has 90 valence electrons. The van der Waals surface area contributed by atoms with Gasteiger partial charge in [0.25, 0.3) is 0 Å². The second-order valence-electron chi connectivity index (χ2n) is 3.73. The van der Waals surface area contributed by atoms with Gasteiger partial charge in [0, 0.05) is 13.0 Å². The summed E-state index contributed by atoms with van der Waals surface area (Å²) in [6.07, 6.45) is -0.110. The number of para-hydroxylation sites is 2. The van der Waals surface area contributed by atoms with Crippen LogP contribution in [0.2, 0.25) is 0 Å². The van der Waals surface area contributed by atoms with Crippen LogP contribution in [0.1, 0.15) is 6.42 Å². The van der Waals surface area contributed by atoms with Gasteiger partial charge >= 0.3 is 6.09 Å². The minimum Gasteiger partial charge on any atom is -0.493 e. The van der Waals surface area contributed by atoms with Crippen molar-refractivity contribution in [2.75, 3.05) is 20.2 Å². The molecule has 0 bridgehead atoms. The van der Waals surface area contributed by atoms with E-state index in [2.05, 4.69) is 0 Å². The zero-order valence-corrected chi connectivity index (χ0v) is 9.51. The van der Waals surface area contributed by atoms with Gasteiger partial charge in [-0.1, -0.05) is 12.1 Å². The fourth-order valence-electron chi connectivity index (χ4n) is 1.65. The standard InChI is InChI=1S/C12H13NO4/c1-16-10-4-2-3-5-11(10)17-12(15)13-7-6-9(14)8-13/h2-5H,6-8H2,1H3. The van der Waals surface area contributed by atoms with E-state index in [0.29, 0.717) is 24.5 Å². The molecule has 17 heavy (non-hydrogen) atoms. The highest BCUT2D eigenvalue weighted by molar-refractivity contribution is 5.87. The molecule has 0 aliphatic carbocycles. The highest BCUT2D eigenvalue weighted by Gasteiger charge is 2.25. The van der Waals surface area contributed by atoms with Gasteiger partial charge < -0.3 is 14.4 Å². The Bertz CT molecular complexity index is 444. The van der Waals surface area contributed by atoms with E-state index in [1.165, 1.54) is 12.0 Å². The summed E-state index contributed by atoms with van der Waals surface area (Å²) in [7, 11) is 1.51. The molecule has 1 fully saturated rings. The predicted molar refractivity (Wildman–Crippen MR) is 60.2 cm³/mol. The lowest BCUT2D eigenvalue weighted by Crippen LogP contribution is -2.31. The first-order valence-corrected chi connectivity index (χ1v) is 5.32. The number of hydrogen-bond donors (Lipinski definition) is 0. The number of carbonyl (C=O) groups is 2. The van der Waals surface area contributed by atoms with Crippen molar-refractivity contribution >= 4 is 11.9 Å². The topological polar surface area (TPSA) is 55.8 Å². The lowest BCUT2D eigenvalue weighted by molar-refractivity contribution is -0.116. The average Bonchev–Trinajstić information content (AvgIpc) is 2.77. The van der Waals surface area contributed by atoms with Crippen LogP contribution >= 0.6 is 0 Å². The second-order valence-corrected chi connectivity index (χ2v) is 3.73. The normalized spacial score (nSPS) is 14.9. The number of rotatable bonds is 2. The average molecular weight is 235 g/mol. The van der Waals surface area contributed by atoms with E-state index in [4.69, 9.17) is 9.47 Å². The summed E-state index contributed by atoms with van der Waals surface area (Å²) in [5, 5.41) is 0. The van der Waals surface area contributed by atoms with E-state index in [0.717, 1.165) is 0 Å². The van der Waals surface area contributed by atoms with Gasteiger partial charge in [-0.15, -0.1) is 0 Å². The number of hydrogen-bond acceptors (Lipinski definition) is 4. The van der Waals surface area contributed by atoms with Crippen LogP contribution in [0.3, 0.4) is 0 Å². The summed E-state index contributed by atoms with van der Waals surface area (Å²) in [5.41, 5.74) is 0. The van der Waals surface area contributed by atoms with Crippen LogP contribution in [-0.4, -0.2) is 37.0 Å². The number of ketones is 1. The molecule has 1 aromatic carbocycles. The van der Waals surface area contributed by atoms with Crippen molar-refractivity contribution in [2.24, 2.45) is 0 Å². The van der Waals surface area contributed by atoms with Crippen LogP contribution in [0.4, 0.5) is 4.79 Å². The summed E-state index contributed by atoms with van der Waals surface area (Å²) < 4.78 is 10.2. The minimum atomic E-state index is -0.514. The van der Waals surface area contributed by atoms with Gasteiger partial charge in [0.15, 0.2) is 17.3 Å². The molecule has 0 spiro atoms. The summed E-state index contributed by atoms with van der Waals surface area (Å²) in [6, 6.07) is 6.89.